The fraction of sp³-hybridized carbons (Fsp3) is 0.316. The molecule has 0 aliphatic carbocycles. The minimum atomic E-state index is 0.0891. The highest BCUT2D eigenvalue weighted by Gasteiger charge is 2.03. The minimum Gasteiger partial charge on any atom is -0.375 e. The molecule has 2 aromatic carbocycles. The zero-order chi connectivity index (χ0) is 15.8. The SMILES string of the molecule is Cc1ccc(CC(=O)NCCCN(C)c2ccccc2)cc1. The van der Waals surface area contributed by atoms with Crippen LogP contribution in [-0.4, -0.2) is 26.0 Å². The van der Waals surface area contributed by atoms with Crippen LogP contribution in [0.25, 0.3) is 0 Å². The van der Waals surface area contributed by atoms with Crippen LogP contribution in [0.15, 0.2) is 54.6 Å². The molecule has 0 spiro atoms. The van der Waals surface area contributed by atoms with Gasteiger partial charge < -0.3 is 10.2 Å². The molecule has 22 heavy (non-hydrogen) atoms. The molecule has 0 unspecified atom stereocenters. The molecule has 3 nitrogen and oxygen atoms in total. The van der Waals surface area contributed by atoms with Crippen LogP contribution in [0.2, 0.25) is 0 Å². The van der Waals surface area contributed by atoms with E-state index in [-0.39, 0.29) is 5.91 Å². The van der Waals surface area contributed by atoms with Gasteiger partial charge in [0.2, 0.25) is 5.91 Å². The van der Waals surface area contributed by atoms with Crippen molar-refractivity contribution in [2.75, 3.05) is 25.0 Å². The van der Waals surface area contributed by atoms with Gasteiger partial charge in [-0.25, -0.2) is 0 Å². The predicted octanol–water partition coefficient (Wildman–Crippen LogP) is 3.18. The number of anilines is 1. The predicted molar refractivity (Wildman–Crippen MR) is 92.2 cm³/mol. The van der Waals surface area contributed by atoms with Gasteiger partial charge in [0.05, 0.1) is 6.42 Å². The first-order valence-electron chi connectivity index (χ1n) is 7.73. The molecule has 116 valence electrons. The zero-order valence-corrected chi connectivity index (χ0v) is 13.4. The highest BCUT2D eigenvalue weighted by Crippen LogP contribution is 2.10. The van der Waals surface area contributed by atoms with Crippen LogP contribution < -0.4 is 10.2 Å². The maximum absolute atomic E-state index is 11.9. The Hall–Kier alpha value is -2.29. The molecule has 1 amide bonds. The molecule has 0 aliphatic rings. The maximum Gasteiger partial charge on any atom is 0.224 e. The van der Waals surface area contributed by atoms with Gasteiger partial charge in [0.25, 0.3) is 0 Å². The van der Waals surface area contributed by atoms with E-state index in [0.29, 0.717) is 13.0 Å². The van der Waals surface area contributed by atoms with Crippen LogP contribution in [0.5, 0.6) is 0 Å². The molecule has 0 bridgehead atoms. The number of rotatable bonds is 7. The Kier molecular flexibility index (Phi) is 6.01. The van der Waals surface area contributed by atoms with Crippen molar-refractivity contribution in [2.45, 2.75) is 19.8 Å². The molecular weight excluding hydrogens is 272 g/mol. The minimum absolute atomic E-state index is 0.0891. The first-order valence-corrected chi connectivity index (χ1v) is 7.73. The smallest absolute Gasteiger partial charge is 0.224 e. The molecule has 0 saturated carbocycles. The lowest BCUT2D eigenvalue weighted by molar-refractivity contribution is -0.120. The number of carbonyl (C=O) groups excluding carboxylic acids is 1. The normalized spacial score (nSPS) is 10.3. The van der Waals surface area contributed by atoms with Crippen molar-refractivity contribution in [1.29, 1.82) is 0 Å². The van der Waals surface area contributed by atoms with Gasteiger partial charge in [-0.1, -0.05) is 48.0 Å². The van der Waals surface area contributed by atoms with Crippen molar-refractivity contribution < 1.29 is 4.79 Å². The molecule has 2 aromatic rings. The van der Waals surface area contributed by atoms with Crippen LogP contribution in [0.3, 0.4) is 0 Å². The number of hydrogen-bond donors (Lipinski definition) is 1. The quantitative estimate of drug-likeness (QED) is 0.796. The topological polar surface area (TPSA) is 32.3 Å². The van der Waals surface area contributed by atoms with Crippen LogP contribution in [-0.2, 0) is 11.2 Å². The average Bonchev–Trinajstić information content (AvgIpc) is 2.54. The summed E-state index contributed by atoms with van der Waals surface area (Å²) in [4.78, 5) is 14.1. The Balaban J connectivity index is 1.66. The summed E-state index contributed by atoms with van der Waals surface area (Å²) in [6.07, 6.45) is 1.39. The van der Waals surface area contributed by atoms with Gasteiger partial charge in [-0.15, -0.1) is 0 Å². The Morgan fingerprint density at radius 1 is 1.05 bits per heavy atom. The van der Waals surface area contributed by atoms with E-state index in [9.17, 15) is 4.79 Å². The van der Waals surface area contributed by atoms with Gasteiger partial charge in [0.1, 0.15) is 0 Å². The largest absolute Gasteiger partial charge is 0.375 e. The third-order valence-electron chi connectivity index (χ3n) is 3.67. The summed E-state index contributed by atoms with van der Waals surface area (Å²) >= 11 is 0. The summed E-state index contributed by atoms with van der Waals surface area (Å²) in [7, 11) is 2.07. The lowest BCUT2D eigenvalue weighted by Crippen LogP contribution is -2.29. The van der Waals surface area contributed by atoms with E-state index < -0.39 is 0 Å². The Bertz CT molecular complexity index is 578. The number of amides is 1. The van der Waals surface area contributed by atoms with Gasteiger partial charge >= 0.3 is 0 Å². The highest BCUT2D eigenvalue weighted by atomic mass is 16.1. The van der Waals surface area contributed by atoms with Gasteiger partial charge in [-0.2, -0.15) is 0 Å². The van der Waals surface area contributed by atoms with E-state index in [4.69, 9.17) is 0 Å². The fourth-order valence-electron chi connectivity index (χ4n) is 2.31. The number of nitrogens with zero attached hydrogens (tertiary/aromatic N) is 1. The van der Waals surface area contributed by atoms with Crippen molar-refractivity contribution in [1.82, 2.24) is 5.32 Å². The number of carbonyl (C=O) groups is 1. The third-order valence-corrected chi connectivity index (χ3v) is 3.67. The van der Waals surface area contributed by atoms with Gasteiger partial charge in [0, 0.05) is 25.8 Å². The van der Waals surface area contributed by atoms with Crippen molar-refractivity contribution in [2.24, 2.45) is 0 Å². The van der Waals surface area contributed by atoms with Crippen LogP contribution in [0, 0.1) is 6.92 Å². The molecule has 3 heteroatoms. The van der Waals surface area contributed by atoms with E-state index in [2.05, 4.69) is 29.4 Å². The monoisotopic (exact) mass is 296 g/mol. The standard InChI is InChI=1S/C19H24N2O/c1-16-9-11-17(12-10-16)15-19(22)20-13-6-14-21(2)18-7-4-3-5-8-18/h3-5,7-12H,6,13-15H2,1-2H3,(H,20,22). The van der Waals surface area contributed by atoms with Gasteiger partial charge in [0.15, 0.2) is 0 Å². The molecule has 0 aromatic heterocycles. The number of nitrogens with one attached hydrogen (secondary N) is 1. The molecule has 0 fully saturated rings. The molecule has 0 saturated heterocycles. The first-order chi connectivity index (χ1) is 10.6. The van der Waals surface area contributed by atoms with E-state index in [1.165, 1.54) is 11.3 Å². The number of para-hydroxylation sites is 1. The van der Waals surface area contributed by atoms with E-state index in [1.807, 2.05) is 49.4 Å². The summed E-state index contributed by atoms with van der Waals surface area (Å²) in [6, 6.07) is 18.4. The van der Waals surface area contributed by atoms with Crippen molar-refractivity contribution in [3.8, 4) is 0 Å². The van der Waals surface area contributed by atoms with Crippen molar-refractivity contribution >= 4 is 11.6 Å². The molecule has 0 aliphatic heterocycles. The molecular formula is C19H24N2O. The molecule has 0 radical (unpaired) electrons. The Labute approximate surface area is 133 Å². The second-order valence-electron chi connectivity index (χ2n) is 5.62. The molecule has 0 atom stereocenters. The maximum atomic E-state index is 11.9. The summed E-state index contributed by atoms with van der Waals surface area (Å²) in [6.45, 7) is 3.68. The average molecular weight is 296 g/mol. The van der Waals surface area contributed by atoms with Crippen molar-refractivity contribution in [3.05, 3.63) is 65.7 Å². The van der Waals surface area contributed by atoms with Gasteiger partial charge in [-0.05, 0) is 31.0 Å². The van der Waals surface area contributed by atoms with Crippen LogP contribution in [0.1, 0.15) is 17.5 Å². The summed E-state index contributed by atoms with van der Waals surface area (Å²) in [5, 5.41) is 2.99. The number of hydrogen-bond acceptors (Lipinski definition) is 2. The van der Waals surface area contributed by atoms with E-state index in [0.717, 1.165) is 18.5 Å². The van der Waals surface area contributed by atoms with Crippen molar-refractivity contribution in [3.63, 3.8) is 0 Å². The van der Waals surface area contributed by atoms with E-state index in [1.54, 1.807) is 0 Å². The lowest BCUT2D eigenvalue weighted by Gasteiger charge is -2.19. The summed E-state index contributed by atoms with van der Waals surface area (Å²) in [5.74, 6) is 0.0891. The fourth-order valence-corrected chi connectivity index (χ4v) is 2.31. The highest BCUT2D eigenvalue weighted by molar-refractivity contribution is 5.78. The third kappa shape index (κ3) is 5.24. The Morgan fingerprint density at radius 2 is 1.73 bits per heavy atom. The van der Waals surface area contributed by atoms with Crippen LogP contribution in [0.4, 0.5) is 5.69 Å². The Morgan fingerprint density at radius 3 is 2.41 bits per heavy atom. The number of aryl methyl sites for hydroxylation is 1. The van der Waals surface area contributed by atoms with Gasteiger partial charge in [-0.3, -0.25) is 4.79 Å². The second kappa shape index (κ2) is 8.23. The second-order valence-corrected chi connectivity index (χ2v) is 5.62. The molecule has 0 heterocycles. The lowest BCUT2D eigenvalue weighted by atomic mass is 10.1. The van der Waals surface area contributed by atoms with E-state index >= 15 is 0 Å². The molecule has 2 rings (SSSR count). The summed E-state index contributed by atoms with van der Waals surface area (Å²) in [5.41, 5.74) is 3.48. The first kappa shape index (κ1) is 16.1. The summed E-state index contributed by atoms with van der Waals surface area (Å²) < 4.78 is 0. The number of benzene rings is 2. The molecule has 1 N–H and O–H groups in total. The zero-order valence-electron chi connectivity index (χ0n) is 13.4. The van der Waals surface area contributed by atoms with Crippen LogP contribution >= 0.6 is 0 Å².